The van der Waals surface area contributed by atoms with E-state index in [1.165, 1.54) is 65.6 Å². The molecule has 4 N–H and O–H groups in total. The fourth-order valence-electron chi connectivity index (χ4n) is 6.17. The minimum Gasteiger partial charge on any atom is -0.481 e. The van der Waals surface area contributed by atoms with Crippen LogP contribution in [0.4, 0.5) is 0 Å². The molecule has 1 aliphatic rings. The molecule has 1 aliphatic heterocycles. The van der Waals surface area contributed by atoms with Gasteiger partial charge in [0.2, 0.25) is 0 Å². The molecule has 354 valence electrons. The molecule has 1 rings (SSSR count). The number of rotatable bonds is 37. The summed E-state index contributed by atoms with van der Waals surface area (Å²) in [5.41, 5.74) is 0. The van der Waals surface area contributed by atoms with Crippen LogP contribution in [0.25, 0.3) is 0 Å². The van der Waals surface area contributed by atoms with Gasteiger partial charge in [0, 0.05) is 38.5 Å². The fourth-order valence-corrected chi connectivity index (χ4v) is 6.17. The second-order valence-electron chi connectivity index (χ2n) is 15.5. The van der Waals surface area contributed by atoms with E-state index < -0.39 is 36.1 Å². The number of unbranched alkanes of at least 4 members (excludes halogenated alkanes) is 14. The van der Waals surface area contributed by atoms with E-state index in [1.807, 2.05) is 6.08 Å². The first kappa shape index (κ1) is 59.3. The number of hydrogen-bond acceptors (Lipinski definition) is 11. The first-order chi connectivity index (χ1) is 29.3. The van der Waals surface area contributed by atoms with Crippen LogP contribution in [-0.4, -0.2) is 94.9 Å². The number of allylic oxidation sites excluding steroid dienone is 2. The van der Waals surface area contributed by atoms with E-state index >= 15 is 0 Å². The van der Waals surface area contributed by atoms with E-state index in [9.17, 15) is 33.9 Å². The zero-order valence-electron chi connectivity index (χ0n) is 38.0. The van der Waals surface area contributed by atoms with E-state index in [4.69, 9.17) is 24.8 Å². The molecule has 4 unspecified atom stereocenters. The summed E-state index contributed by atoms with van der Waals surface area (Å²) in [5, 5.41) is 35.1. The molecule has 0 amide bonds. The van der Waals surface area contributed by atoms with Gasteiger partial charge < -0.3 is 39.4 Å². The zero-order chi connectivity index (χ0) is 45.9. The van der Waals surface area contributed by atoms with Crippen LogP contribution < -0.4 is 0 Å². The first-order valence-electron chi connectivity index (χ1n) is 22.9. The number of ether oxygens (including phenoxy) is 4. The predicted molar refractivity (Wildman–Crippen MR) is 235 cm³/mol. The van der Waals surface area contributed by atoms with Gasteiger partial charge in [-0.05, 0) is 77.0 Å². The Balaban J connectivity index is 0. The normalized spacial score (nSPS) is 15.2. The minimum absolute atomic E-state index is 0.0446. The number of aliphatic hydroxyl groups excluding tert-OH is 1. The van der Waals surface area contributed by atoms with Crippen molar-refractivity contribution >= 4 is 35.8 Å². The van der Waals surface area contributed by atoms with Crippen molar-refractivity contribution in [3.05, 3.63) is 24.3 Å². The molecule has 0 spiro atoms. The standard InChI is InChI=1S/C23H40O7.C19H34O3.C5H8O4/c1-3-4-10-15-20(30-23(28)18-13-16-21(25)26)19(24)14-11-8-6-5-7-9-12-17-22(27)29-2;1-3-4-11-14-17-18(22-17)15-12-9-7-5-6-8-10-13-16-19(20)21-2;6-4(7)2-1-3-5(8)9/h11,14,19-20,24H,3-10,12-13,15-18H2,1-2H3,(H,25,26);9,12,17-18H,3-8,10-11,13-16H2,1-2H3;1-3H2,(H,6,7)(H,8,9). The Bertz CT molecular complexity index is 1190. The van der Waals surface area contributed by atoms with Crippen molar-refractivity contribution in [1.29, 1.82) is 0 Å². The van der Waals surface area contributed by atoms with E-state index in [0.29, 0.717) is 31.5 Å². The van der Waals surface area contributed by atoms with Crippen molar-refractivity contribution in [3.8, 4) is 0 Å². The van der Waals surface area contributed by atoms with Crippen molar-refractivity contribution in [2.45, 2.75) is 224 Å². The van der Waals surface area contributed by atoms with Gasteiger partial charge in [-0.15, -0.1) is 0 Å². The van der Waals surface area contributed by atoms with Gasteiger partial charge in [-0.2, -0.15) is 0 Å². The number of hydrogen-bond donors (Lipinski definition) is 4. The summed E-state index contributed by atoms with van der Waals surface area (Å²) < 4.78 is 20.3. The van der Waals surface area contributed by atoms with Gasteiger partial charge in [0.05, 0.1) is 26.4 Å². The number of esters is 3. The van der Waals surface area contributed by atoms with Gasteiger partial charge in [0.25, 0.3) is 0 Å². The molecule has 0 radical (unpaired) electrons. The first-order valence-corrected chi connectivity index (χ1v) is 22.9. The molecule has 0 aromatic heterocycles. The molecule has 4 atom stereocenters. The molecular weight excluding hydrogens is 789 g/mol. The maximum absolute atomic E-state index is 12.0. The van der Waals surface area contributed by atoms with Crippen molar-refractivity contribution in [3.63, 3.8) is 0 Å². The van der Waals surface area contributed by atoms with Crippen LogP contribution in [-0.2, 0) is 47.7 Å². The second-order valence-corrected chi connectivity index (χ2v) is 15.5. The van der Waals surface area contributed by atoms with Gasteiger partial charge >= 0.3 is 35.8 Å². The van der Waals surface area contributed by atoms with Gasteiger partial charge in [0.1, 0.15) is 12.2 Å². The van der Waals surface area contributed by atoms with Crippen molar-refractivity contribution in [1.82, 2.24) is 0 Å². The number of carboxylic acids is 3. The van der Waals surface area contributed by atoms with Crippen molar-refractivity contribution in [2.24, 2.45) is 0 Å². The Morgan fingerprint density at radius 3 is 1.49 bits per heavy atom. The second kappa shape index (κ2) is 42.9. The Labute approximate surface area is 366 Å². The van der Waals surface area contributed by atoms with Crippen molar-refractivity contribution in [2.75, 3.05) is 14.2 Å². The molecule has 0 aliphatic carbocycles. The number of aliphatic hydroxyl groups is 1. The Morgan fingerprint density at radius 1 is 0.525 bits per heavy atom. The van der Waals surface area contributed by atoms with Gasteiger partial charge in [-0.25, -0.2) is 0 Å². The molecule has 1 saturated heterocycles. The Kier molecular flexibility index (Phi) is 41.7. The lowest BCUT2D eigenvalue weighted by atomic mass is 10.0. The summed E-state index contributed by atoms with van der Waals surface area (Å²) in [6, 6.07) is 0. The molecule has 0 bridgehead atoms. The average Bonchev–Trinajstić information content (AvgIpc) is 3.98. The molecule has 14 heteroatoms. The highest BCUT2D eigenvalue weighted by Gasteiger charge is 2.36. The van der Waals surface area contributed by atoms with Crippen LogP contribution in [0, 0.1) is 0 Å². The summed E-state index contributed by atoms with van der Waals surface area (Å²) in [7, 11) is 2.85. The molecule has 61 heavy (non-hydrogen) atoms. The van der Waals surface area contributed by atoms with E-state index in [0.717, 1.165) is 77.0 Å². The third-order valence-corrected chi connectivity index (χ3v) is 9.92. The summed E-state index contributed by atoms with van der Waals surface area (Å²) in [4.78, 5) is 64.0. The summed E-state index contributed by atoms with van der Waals surface area (Å²) >= 11 is 0. The van der Waals surface area contributed by atoms with E-state index in [2.05, 4.69) is 35.5 Å². The minimum atomic E-state index is -0.948. The molecular formula is C47H82O14. The lowest BCUT2D eigenvalue weighted by Gasteiger charge is -2.21. The number of epoxide rings is 1. The van der Waals surface area contributed by atoms with Crippen LogP contribution in [0.3, 0.4) is 0 Å². The van der Waals surface area contributed by atoms with Gasteiger partial charge in [0.15, 0.2) is 0 Å². The molecule has 1 fully saturated rings. The van der Waals surface area contributed by atoms with Crippen LogP contribution in [0.15, 0.2) is 24.3 Å². The number of methoxy groups -OCH3 is 2. The van der Waals surface area contributed by atoms with Gasteiger partial charge in [-0.3, -0.25) is 28.8 Å². The zero-order valence-corrected chi connectivity index (χ0v) is 38.0. The highest BCUT2D eigenvalue weighted by Crippen LogP contribution is 2.30. The lowest BCUT2D eigenvalue weighted by molar-refractivity contribution is -0.154. The Morgan fingerprint density at radius 2 is 0.984 bits per heavy atom. The molecule has 0 aromatic carbocycles. The average molecular weight is 871 g/mol. The third-order valence-electron chi connectivity index (χ3n) is 9.92. The van der Waals surface area contributed by atoms with Crippen molar-refractivity contribution < 1.29 is 68.1 Å². The topological polar surface area (TPSA) is 224 Å². The summed E-state index contributed by atoms with van der Waals surface area (Å²) in [6.45, 7) is 4.33. The predicted octanol–water partition coefficient (Wildman–Crippen LogP) is 10.1. The molecule has 0 saturated carbocycles. The SMILES string of the molecule is CCCCCC(OC(=O)CCCC(=O)O)C(O)C=CCCCCCCCC(=O)OC.CCCCCC1OC1CC=CCCCCCCCC(=O)OC.O=C(O)CCCC(=O)O. The van der Waals surface area contributed by atoms with E-state index in [1.54, 1.807) is 6.08 Å². The number of carboxylic acid groups (broad SMARTS) is 3. The smallest absolute Gasteiger partial charge is 0.306 e. The summed E-state index contributed by atoms with van der Waals surface area (Å²) in [5.74, 6) is -3.54. The monoisotopic (exact) mass is 871 g/mol. The number of aliphatic carboxylic acids is 3. The highest BCUT2D eigenvalue weighted by atomic mass is 16.6. The van der Waals surface area contributed by atoms with Crippen LogP contribution in [0.1, 0.15) is 200 Å². The number of carbonyl (C=O) groups is 6. The maximum atomic E-state index is 12.0. The Hall–Kier alpha value is -3.78. The highest BCUT2D eigenvalue weighted by molar-refractivity contribution is 5.72. The van der Waals surface area contributed by atoms with Crippen LogP contribution in [0.5, 0.6) is 0 Å². The van der Waals surface area contributed by atoms with E-state index in [-0.39, 0.29) is 50.5 Å². The van der Waals surface area contributed by atoms with Crippen LogP contribution >= 0.6 is 0 Å². The molecule has 14 nitrogen and oxygen atoms in total. The fraction of sp³-hybridized carbons (Fsp3) is 0.787. The summed E-state index contributed by atoms with van der Waals surface area (Å²) in [6.07, 6.45) is 31.7. The molecule has 0 aromatic rings. The molecule has 1 heterocycles. The number of carbonyl (C=O) groups excluding carboxylic acids is 3. The lowest BCUT2D eigenvalue weighted by Crippen LogP contribution is -2.30. The van der Waals surface area contributed by atoms with Gasteiger partial charge in [-0.1, -0.05) is 109 Å². The third kappa shape index (κ3) is 44.1. The van der Waals surface area contributed by atoms with Crippen LogP contribution in [0.2, 0.25) is 0 Å². The quantitative estimate of drug-likeness (QED) is 0.0150. The maximum Gasteiger partial charge on any atom is 0.306 e. The largest absolute Gasteiger partial charge is 0.481 e.